The van der Waals surface area contributed by atoms with Gasteiger partial charge in [-0.15, -0.1) is 0 Å². The van der Waals surface area contributed by atoms with Crippen LogP contribution in [0.4, 0.5) is 16.4 Å². The van der Waals surface area contributed by atoms with Crippen molar-refractivity contribution < 1.29 is 9.53 Å². The number of carbonyl (C=O) groups is 1. The third-order valence-electron chi connectivity index (χ3n) is 8.43. The van der Waals surface area contributed by atoms with Crippen molar-refractivity contribution in [2.24, 2.45) is 5.41 Å². The number of amides is 1. The molecule has 0 radical (unpaired) electrons. The van der Waals surface area contributed by atoms with Crippen molar-refractivity contribution >= 4 is 33.7 Å². The predicted octanol–water partition coefficient (Wildman–Crippen LogP) is 6.26. The Morgan fingerprint density at radius 1 is 1.18 bits per heavy atom. The first-order chi connectivity index (χ1) is 18.0. The molecule has 1 aromatic heterocycles. The average molecular weight is 584 g/mol. The van der Waals surface area contributed by atoms with Crippen LogP contribution in [0, 0.1) is 12.0 Å². The Kier molecular flexibility index (Phi) is 7.02. The Balaban J connectivity index is 1.27. The number of likely N-dealkylation sites (tertiary alicyclic amines) is 1. The van der Waals surface area contributed by atoms with E-state index in [2.05, 4.69) is 74.8 Å². The minimum atomic E-state index is -0.482. The lowest BCUT2D eigenvalue weighted by molar-refractivity contribution is -0.0923. The second-order valence-electron chi connectivity index (χ2n) is 12.6. The minimum absolute atomic E-state index is 0.0866. The Morgan fingerprint density at radius 2 is 1.87 bits per heavy atom. The standard InChI is InChI=1S/C29H39BrN6O2/c1-7-28(5)18-33(17-21-11-9-8-10-12-21)13-14-35(28)25-23(30)24(31-6)36(32-25)22-15-29(16-22)19-34(20-29)26(37)38-27(2,3)4/h8-12,22H,7,13-20H2,1-5H3/t28-/m0/s1. The highest BCUT2D eigenvalue weighted by Gasteiger charge is 2.57. The Morgan fingerprint density at radius 3 is 2.47 bits per heavy atom. The quantitative estimate of drug-likeness (QED) is 0.389. The molecule has 2 aliphatic heterocycles. The molecule has 9 heteroatoms. The summed E-state index contributed by atoms with van der Waals surface area (Å²) in [7, 11) is 0. The van der Waals surface area contributed by atoms with E-state index in [0.29, 0.717) is 5.82 Å². The van der Waals surface area contributed by atoms with E-state index in [9.17, 15) is 4.79 Å². The minimum Gasteiger partial charge on any atom is -0.444 e. The summed E-state index contributed by atoms with van der Waals surface area (Å²) in [5.41, 5.74) is 0.891. The zero-order valence-electron chi connectivity index (χ0n) is 23.2. The molecule has 2 aromatic rings. The predicted molar refractivity (Wildman–Crippen MR) is 152 cm³/mol. The lowest BCUT2D eigenvalue weighted by atomic mass is 9.61. The summed E-state index contributed by atoms with van der Waals surface area (Å²) < 4.78 is 8.27. The number of aromatic nitrogens is 2. The van der Waals surface area contributed by atoms with E-state index in [4.69, 9.17) is 16.4 Å². The summed E-state index contributed by atoms with van der Waals surface area (Å²) in [6.07, 6.45) is 2.61. The number of ether oxygens (including phenoxy) is 1. The van der Waals surface area contributed by atoms with Gasteiger partial charge in [0.2, 0.25) is 0 Å². The van der Waals surface area contributed by atoms with Crippen LogP contribution >= 0.6 is 15.9 Å². The van der Waals surface area contributed by atoms with Gasteiger partial charge in [0.1, 0.15) is 11.6 Å². The lowest BCUT2D eigenvalue weighted by Gasteiger charge is -2.57. The summed E-state index contributed by atoms with van der Waals surface area (Å²) in [4.78, 5) is 23.0. The van der Waals surface area contributed by atoms with Crippen LogP contribution in [0.5, 0.6) is 0 Å². The summed E-state index contributed by atoms with van der Waals surface area (Å²) >= 11 is 3.76. The molecule has 2 saturated heterocycles. The smallest absolute Gasteiger partial charge is 0.410 e. The van der Waals surface area contributed by atoms with Crippen molar-refractivity contribution in [1.82, 2.24) is 19.6 Å². The van der Waals surface area contributed by atoms with Gasteiger partial charge in [-0.25, -0.2) is 4.79 Å². The highest BCUT2D eigenvalue weighted by molar-refractivity contribution is 9.10. The lowest BCUT2D eigenvalue weighted by Crippen LogP contribution is -2.64. The van der Waals surface area contributed by atoms with Gasteiger partial charge in [-0.05, 0) is 52.5 Å². The molecule has 1 atom stereocenters. The molecule has 0 unspecified atom stereocenters. The zero-order chi connectivity index (χ0) is 27.3. The largest absolute Gasteiger partial charge is 0.444 e. The fourth-order valence-corrected chi connectivity index (χ4v) is 6.87. The topological polar surface area (TPSA) is 58.2 Å². The number of hydrogen-bond donors (Lipinski definition) is 0. The third kappa shape index (κ3) is 5.05. The van der Waals surface area contributed by atoms with Crippen molar-refractivity contribution in [3.8, 4) is 0 Å². The van der Waals surface area contributed by atoms with Crippen molar-refractivity contribution in [3.05, 3.63) is 51.8 Å². The van der Waals surface area contributed by atoms with E-state index in [1.165, 1.54) is 5.56 Å². The van der Waals surface area contributed by atoms with Crippen molar-refractivity contribution in [1.29, 1.82) is 0 Å². The van der Waals surface area contributed by atoms with Crippen LogP contribution in [0.25, 0.3) is 4.85 Å². The molecule has 38 heavy (non-hydrogen) atoms. The van der Waals surface area contributed by atoms with Gasteiger partial charge in [0, 0.05) is 44.7 Å². The van der Waals surface area contributed by atoms with Crippen LogP contribution in [0.2, 0.25) is 0 Å². The monoisotopic (exact) mass is 582 g/mol. The number of nitrogens with zero attached hydrogens (tertiary/aromatic N) is 6. The van der Waals surface area contributed by atoms with E-state index in [1.54, 1.807) is 4.90 Å². The molecule has 1 aliphatic carbocycles. The molecule has 1 saturated carbocycles. The second-order valence-corrected chi connectivity index (χ2v) is 13.4. The van der Waals surface area contributed by atoms with Gasteiger partial charge in [0.05, 0.1) is 10.0 Å². The first-order valence-electron chi connectivity index (χ1n) is 13.6. The molecular weight excluding hydrogens is 544 g/mol. The van der Waals surface area contributed by atoms with Crippen molar-refractivity contribution in [3.63, 3.8) is 0 Å². The normalized spacial score (nSPS) is 23.6. The number of carbonyl (C=O) groups excluding carboxylic acids is 1. The number of hydrogen-bond acceptors (Lipinski definition) is 5. The van der Waals surface area contributed by atoms with E-state index in [1.807, 2.05) is 25.5 Å². The van der Waals surface area contributed by atoms with Gasteiger partial charge < -0.3 is 19.4 Å². The maximum atomic E-state index is 12.4. The van der Waals surface area contributed by atoms with E-state index >= 15 is 0 Å². The van der Waals surface area contributed by atoms with E-state index in [0.717, 1.165) is 68.8 Å². The maximum Gasteiger partial charge on any atom is 0.410 e. The van der Waals surface area contributed by atoms with Crippen LogP contribution in [0.1, 0.15) is 65.5 Å². The first kappa shape index (κ1) is 27.0. The number of rotatable bonds is 5. The van der Waals surface area contributed by atoms with Gasteiger partial charge in [-0.1, -0.05) is 64.9 Å². The third-order valence-corrected chi connectivity index (χ3v) is 9.14. The number of benzene rings is 1. The zero-order valence-corrected chi connectivity index (χ0v) is 24.8. The molecule has 3 aliphatic rings. The summed E-state index contributed by atoms with van der Waals surface area (Å²) in [5, 5.41) is 5.06. The summed E-state index contributed by atoms with van der Waals surface area (Å²) in [5.74, 6) is 1.46. The fourth-order valence-electron chi connectivity index (χ4n) is 6.31. The van der Waals surface area contributed by atoms with Crippen LogP contribution in [0.15, 0.2) is 34.8 Å². The molecule has 204 valence electrons. The highest BCUT2D eigenvalue weighted by atomic mass is 79.9. The second kappa shape index (κ2) is 9.87. The summed E-state index contributed by atoms with van der Waals surface area (Å²) in [6.45, 7) is 23.3. The molecule has 1 aromatic carbocycles. The van der Waals surface area contributed by atoms with Crippen LogP contribution in [-0.4, -0.2) is 69.5 Å². The van der Waals surface area contributed by atoms with Crippen LogP contribution < -0.4 is 4.90 Å². The number of anilines is 1. The van der Waals surface area contributed by atoms with Gasteiger partial charge in [0.25, 0.3) is 5.82 Å². The Hall–Kier alpha value is -2.57. The molecule has 8 nitrogen and oxygen atoms in total. The van der Waals surface area contributed by atoms with E-state index < -0.39 is 5.60 Å². The SMILES string of the molecule is [C-]#[N+]c1c(Br)c(N2CCN(Cc3ccccc3)C[C@]2(C)CC)nn1C1CC2(C1)CN(C(=O)OC(C)(C)C)C2. The van der Waals surface area contributed by atoms with Gasteiger partial charge in [0.15, 0.2) is 5.82 Å². The molecule has 5 rings (SSSR count). The molecule has 3 heterocycles. The average Bonchev–Trinajstić information content (AvgIpc) is 3.12. The van der Waals surface area contributed by atoms with Crippen LogP contribution in [-0.2, 0) is 11.3 Å². The fraction of sp³-hybridized carbons (Fsp3) is 0.621. The molecule has 1 amide bonds. The van der Waals surface area contributed by atoms with Gasteiger partial charge in [-0.3, -0.25) is 4.90 Å². The Bertz CT molecular complexity index is 1220. The highest BCUT2D eigenvalue weighted by Crippen LogP contribution is 2.56. The molecule has 1 spiro atoms. The molecule has 3 fully saturated rings. The maximum absolute atomic E-state index is 12.4. The van der Waals surface area contributed by atoms with E-state index in [-0.39, 0.29) is 23.1 Å². The van der Waals surface area contributed by atoms with Gasteiger partial charge >= 0.3 is 6.09 Å². The summed E-state index contributed by atoms with van der Waals surface area (Å²) in [6, 6.07) is 10.8. The molecule has 0 N–H and O–H groups in total. The molecular formula is C29H39BrN6O2. The Labute approximate surface area is 234 Å². The first-order valence-corrected chi connectivity index (χ1v) is 14.4. The number of halogens is 1. The van der Waals surface area contributed by atoms with Crippen molar-refractivity contribution in [2.75, 3.05) is 37.6 Å². The number of piperazine rings is 1. The van der Waals surface area contributed by atoms with Crippen LogP contribution in [0.3, 0.4) is 0 Å². The van der Waals surface area contributed by atoms with Crippen molar-refractivity contribution in [2.45, 2.75) is 77.6 Å². The molecule has 0 bridgehead atoms. The van der Waals surface area contributed by atoms with Gasteiger partial charge in [-0.2, -0.15) is 4.68 Å².